The fourth-order valence-corrected chi connectivity index (χ4v) is 1.70. The normalized spacial score (nSPS) is 10.6. The smallest absolute Gasteiger partial charge is 0.330 e. The summed E-state index contributed by atoms with van der Waals surface area (Å²) in [5, 5.41) is 8.71. The second-order valence-corrected chi connectivity index (χ2v) is 4.61. The van der Waals surface area contributed by atoms with Crippen molar-refractivity contribution in [3.05, 3.63) is 42.0 Å². The van der Waals surface area contributed by atoms with E-state index >= 15 is 0 Å². The maximum atomic E-state index is 10.6. The Kier molecular flexibility index (Phi) is 7.09. The number of rotatable bonds is 9. The number of carboxylic acid groups (broad SMARTS) is 1. The summed E-state index contributed by atoms with van der Waals surface area (Å²) in [6, 6.07) is 5.72. The molecule has 0 aliphatic rings. The molecule has 0 fully saturated rings. The number of hydrogen-bond donors (Lipinski definition) is 1. The highest BCUT2D eigenvalue weighted by Crippen LogP contribution is 2.28. The lowest BCUT2D eigenvalue weighted by Crippen LogP contribution is -1.98. The fraction of sp³-hybridized carbons (Fsp3) is 0.353. The van der Waals surface area contributed by atoms with Gasteiger partial charge in [0.1, 0.15) is 0 Å². The Hall–Kier alpha value is -2.23. The lowest BCUT2D eigenvalue weighted by Gasteiger charge is -2.10. The first-order chi connectivity index (χ1) is 10.1. The second-order valence-electron chi connectivity index (χ2n) is 4.61. The summed E-state index contributed by atoms with van der Waals surface area (Å²) in [6.45, 7) is 6.20. The van der Waals surface area contributed by atoms with Crippen molar-refractivity contribution in [3.8, 4) is 11.5 Å². The summed E-state index contributed by atoms with van der Waals surface area (Å²) in [4.78, 5) is 10.6. The second kappa shape index (κ2) is 8.84. The topological polar surface area (TPSA) is 55.8 Å². The number of benzene rings is 1. The lowest BCUT2D eigenvalue weighted by molar-refractivity contribution is -0.132. The van der Waals surface area contributed by atoms with E-state index in [-0.39, 0.29) is 5.57 Å². The van der Waals surface area contributed by atoms with Crippen LogP contribution in [-0.2, 0) is 4.79 Å². The molecule has 0 bridgehead atoms. The van der Waals surface area contributed by atoms with E-state index < -0.39 is 5.97 Å². The quantitative estimate of drug-likeness (QED) is 0.700. The van der Waals surface area contributed by atoms with Gasteiger partial charge in [0.2, 0.25) is 0 Å². The minimum absolute atomic E-state index is 0.223. The summed E-state index contributed by atoms with van der Waals surface area (Å²) in [5.41, 5.74) is 1.21. The van der Waals surface area contributed by atoms with Gasteiger partial charge in [-0.3, -0.25) is 0 Å². The van der Waals surface area contributed by atoms with Crippen molar-refractivity contribution in [2.75, 3.05) is 13.7 Å². The van der Waals surface area contributed by atoms with E-state index in [1.54, 1.807) is 7.11 Å². The van der Waals surface area contributed by atoms with Crippen LogP contribution in [0, 0.1) is 0 Å². The van der Waals surface area contributed by atoms with Crippen LogP contribution in [0.5, 0.6) is 11.5 Å². The Labute approximate surface area is 125 Å². The molecule has 1 aromatic carbocycles. The third-order valence-corrected chi connectivity index (χ3v) is 2.87. The molecular weight excluding hydrogens is 268 g/mol. The molecule has 1 N–H and O–H groups in total. The van der Waals surface area contributed by atoms with Gasteiger partial charge < -0.3 is 14.6 Å². The first-order valence-electron chi connectivity index (χ1n) is 6.97. The van der Waals surface area contributed by atoms with Crippen molar-refractivity contribution in [2.45, 2.75) is 26.2 Å². The molecule has 4 heteroatoms. The summed E-state index contributed by atoms with van der Waals surface area (Å²) in [5.74, 6) is 0.485. The molecular formula is C17H22O4. The number of carbonyl (C=O) groups is 1. The van der Waals surface area contributed by atoms with E-state index in [1.807, 2.05) is 30.4 Å². The molecule has 0 aromatic heterocycles. The van der Waals surface area contributed by atoms with Gasteiger partial charge in [-0.25, -0.2) is 4.79 Å². The maximum Gasteiger partial charge on any atom is 0.330 e. The molecule has 0 amide bonds. The first-order valence-corrected chi connectivity index (χ1v) is 6.97. The summed E-state index contributed by atoms with van der Waals surface area (Å²) >= 11 is 0. The zero-order chi connectivity index (χ0) is 15.7. The molecule has 0 spiro atoms. The van der Waals surface area contributed by atoms with Crippen molar-refractivity contribution in [2.24, 2.45) is 0 Å². The molecule has 21 heavy (non-hydrogen) atoms. The van der Waals surface area contributed by atoms with Crippen molar-refractivity contribution in [3.63, 3.8) is 0 Å². The van der Waals surface area contributed by atoms with Crippen molar-refractivity contribution >= 4 is 12.0 Å². The van der Waals surface area contributed by atoms with Crippen LogP contribution in [0.4, 0.5) is 0 Å². The molecule has 4 nitrogen and oxygen atoms in total. The van der Waals surface area contributed by atoms with Crippen LogP contribution < -0.4 is 9.47 Å². The Balaban J connectivity index is 2.63. The minimum atomic E-state index is -0.942. The molecule has 0 saturated carbocycles. The van der Waals surface area contributed by atoms with Crippen LogP contribution >= 0.6 is 0 Å². The molecule has 0 radical (unpaired) electrons. The maximum absolute atomic E-state index is 10.6. The Morgan fingerprint density at radius 1 is 1.38 bits per heavy atom. The average molecular weight is 290 g/mol. The Morgan fingerprint density at radius 2 is 2.14 bits per heavy atom. The van der Waals surface area contributed by atoms with Gasteiger partial charge in [-0.1, -0.05) is 31.7 Å². The molecule has 0 aliphatic carbocycles. The number of carboxylic acids is 1. The summed E-state index contributed by atoms with van der Waals surface area (Å²) in [7, 11) is 1.61. The fourth-order valence-electron chi connectivity index (χ4n) is 1.70. The van der Waals surface area contributed by atoms with E-state index in [9.17, 15) is 4.79 Å². The van der Waals surface area contributed by atoms with Gasteiger partial charge in [0.15, 0.2) is 11.5 Å². The minimum Gasteiger partial charge on any atom is -0.493 e. The zero-order valence-electron chi connectivity index (χ0n) is 12.6. The van der Waals surface area contributed by atoms with Crippen LogP contribution in [0.3, 0.4) is 0 Å². The number of hydrogen-bond acceptors (Lipinski definition) is 3. The highest BCUT2D eigenvalue weighted by atomic mass is 16.5. The van der Waals surface area contributed by atoms with Crippen LogP contribution in [0.15, 0.2) is 36.4 Å². The number of ether oxygens (including phenoxy) is 2. The lowest BCUT2D eigenvalue weighted by atomic mass is 10.1. The summed E-state index contributed by atoms with van der Waals surface area (Å²) in [6.07, 6.45) is 5.89. The van der Waals surface area contributed by atoms with Crippen LogP contribution in [0.1, 0.15) is 31.7 Å². The molecule has 0 heterocycles. The monoisotopic (exact) mass is 290 g/mol. The largest absolute Gasteiger partial charge is 0.493 e. The van der Waals surface area contributed by atoms with E-state index in [0.717, 1.165) is 17.7 Å². The predicted molar refractivity (Wildman–Crippen MR) is 83.8 cm³/mol. The third kappa shape index (κ3) is 5.73. The van der Waals surface area contributed by atoms with E-state index in [2.05, 4.69) is 13.5 Å². The Bertz CT molecular complexity index is 518. The van der Waals surface area contributed by atoms with Gasteiger partial charge in [-0.05, 0) is 37.0 Å². The molecule has 0 atom stereocenters. The van der Waals surface area contributed by atoms with Gasteiger partial charge in [-0.2, -0.15) is 0 Å². The average Bonchev–Trinajstić information content (AvgIpc) is 2.49. The molecule has 1 rings (SSSR count). The standard InChI is InChI=1S/C17H22O4/c1-4-11-21-15-10-9-14(12-16(15)20-3)8-6-5-7-13(2)17(18)19/h6,8-10,12H,2,4-5,7,11H2,1,3H3,(H,18,19). The molecule has 0 saturated heterocycles. The number of methoxy groups -OCH3 is 1. The SMILES string of the molecule is C=C(CCC=Cc1ccc(OCCC)c(OC)c1)C(=O)O. The van der Waals surface area contributed by atoms with Crippen LogP contribution in [0.25, 0.3) is 6.08 Å². The third-order valence-electron chi connectivity index (χ3n) is 2.87. The van der Waals surface area contributed by atoms with Gasteiger partial charge in [0.05, 0.1) is 13.7 Å². The molecule has 1 aromatic rings. The van der Waals surface area contributed by atoms with E-state index in [1.165, 1.54) is 0 Å². The Morgan fingerprint density at radius 3 is 2.76 bits per heavy atom. The van der Waals surface area contributed by atoms with Gasteiger partial charge in [-0.15, -0.1) is 0 Å². The highest BCUT2D eigenvalue weighted by molar-refractivity contribution is 5.85. The zero-order valence-corrected chi connectivity index (χ0v) is 12.6. The summed E-state index contributed by atoms with van der Waals surface area (Å²) < 4.78 is 10.9. The first kappa shape index (κ1) is 16.8. The molecule has 0 aliphatic heterocycles. The van der Waals surface area contributed by atoms with Crippen molar-refractivity contribution < 1.29 is 19.4 Å². The van der Waals surface area contributed by atoms with Crippen molar-refractivity contribution in [1.29, 1.82) is 0 Å². The number of allylic oxidation sites excluding steroid dienone is 1. The van der Waals surface area contributed by atoms with Gasteiger partial charge >= 0.3 is 5.97 Å². The van der Waals surface area contributed by atoms with Gasteiger partial charge in [0, 0.05) is 5.57 Å². The van der Waals surface area contributed by atoms with Gasteiger partial charge in [0.25, 0.3) is 0 Å². The van der Waals surface area contributed by atoms with E-state index in [4.69, 9.17) is 14.6 Å². The van der Waals surface area contributed by atoms with Crippen molar-refractivity contribution in [1.82, 2.24) is 0 Å². The van der Waals surface area contributed by atoms with Crippen LogP contribution in [-0.4, -0.2) is 24.8 Å². The molecule has 0 unspecified atom stereocenters. The van der Waals surface area contributed by atoms with E-state index in [0.29, 0.717) is 25.2 Å². The molecule has 114 valence electrons. The predicted octanol–water partition coefficient (Wildman–Crippen LogP) is 3.92. The highest BCUT2D eigenvalue weighted by Gasteiger charge is 2.04. The number of aliphatic carboxylic acids is 1. The van der Waals surface area contributed by atoms with Crippen LogP contribution in [0.2, 0.25) is 0 Å².